The van der Waals surface area contributed by atoms with Gasteiger partial charge in [-0.2, -0.15) is 0 Å². The Labute approximate surface area is 98.7 Å². The van der Waals surface area contributed by atoms with Crippen LogP contribution in [0.25, 0.3) is 0 Å². The fourth-order valence-electron chi connectivity index (χ4n) is 1.37. The molecule has 0 aromatic heterocycles. The zero-order chi connectivity index (χ0) is 13.0. The fourth-order valence-corrected chi connectivity index (χ4v) is 1.37. The summed E-state index contributed by atoms with van der Waals surface area (Å²) in [6, 6.07) is 0. The van der Waals surface area contributed by atoms with Gasteiger partial charge in [-0.25, -0.2) is 4.79 Å². The van der Waals surface area contributed by atoms with Gasteiger partial charge in [-0.05, 0) is 13.3 Å². The summed E-state index contributed by atoms with van der Waals surface area (Å²) in [5, 5.41) is 21.1. The number of carboxylic acid groups (broad SMARTS) is 1. The van der Waals surface area contributed by atoms with Crippen molar-refractivity contribution in [3.8, 4) is 0 Å². The Morgan fingerprint density at radius 3 is 2.76 bits per heavy atom. The van der Waals surface area contributed by atoms with Crippen molar-refractivity contribution in [3.63, 3.8) is 0 Å². The molecule has 7 heteroatoms. The molecule has 7 nitrogen and oxygen atoms in total. The molecule has 1 amide bonds. The van der Waals surface area contributed by atoms with E-state index in [2.05, 4.69) is 5.16 Å². The van der Waals surface area contributed by atoms with Crippen molar-refractivity contribution in [1.29, 1.82) is 0 Å². The van der Waals surface area contributed by atoms with Gasteiger partial charge in [0, 0.05) is 20.0 Å². The third-order valence-corrected chi connectivity index (χ3v) is 2.45. The number of carbonyl (C=O) groups excluding carboxylic acids is 1. The Morgan fingerprint density at radius 1 is 1.65 bits per heavy atom. The summed E-state index contributed by atoms with van der Waals surface area (Å²) >= 11 is 0. The highest BCUT2D eigenvalue weighted by Gasteiger charge is 2.33. The van der Waals surface area contributed by atoms with E-state index in [1.807, 2.05) is 0 Å². The standard InChI is InChI=1S/C10H16N2O5/c1-6(13)3-4-12(2)9(14)8-5-7(10(15)16)11-17-8/h6,8,13H,3-5H2,1-2H3,(H,15,16). The van der Waals surface area contributed by atoms with E-state index in [1.165, 1.54) is 4.90 Å². The van der Waals surface area contributed by atoms with Crippen LogP contribution in [0.1, 0.15) is 19.8 Å². The number of aliphatic hydroxyl groups is 1. The summed E-state index contributed by atoms with van der Waals surface area (Å²) in [7, 11) is 1.58. The normalized spacial score (nSPS) is 20.4. The van der Waals surface area contributed by atoms with Crippen molar-refractivity contribution in [1.82, 2.24) is 4.90 Å². The fraction of sp³-hybridized carbons (Fsp3) is 0.700. The van der Waals surface area contributed by atoms with Gasteiger partial charge in [-0.15, -0.1) is 0 Å². The molecular weight excluding hydrogens is 228 g/mol. The predicted octanol–water partition coefficient (Wildman–Crippen LogP) is -0.555. The van der Waals surface area contributed by atoms with Crippen LogP contribution >= 0.6 is 0 Å². The van der Waals surface area contributed by atoms with Crippen molar-refractivity contribution in [3.05, 3.63) is 0 Å². The van der Waals surface area contributed by atoms with Crippen molar-refractivity contribution in [2.45, 2.75) is 32.0 Å². The smallest absolute Gasteiger partial charge is 0.353 e. The van der Waals surface area contributed by atoms with Crippen molar-refractivity contribution < 1.29 is 24.6 Å². The first-order valence-electron chi connectivity index (χ1n) is 5.31. The monoisotopic (exact) mass is 244 g/mol. The van der Waals surface area contributed by atoms with E-state index in [0.29, 0.717) is 13.0 Å². The molecule has 1 aliphatic rings. The van der Waals surface area contributed by atoms with E-state index in [1.54, 1.807) is 14.0 Å². The Hall–Kier alpha value is -1.63. The number of rotatable bonds is 5. The van der Waals surface area contributed by atoms with Gasteiger partial charge in [0.25, 0.3) is 5.91 Å². The van der Waals surface area contributed by atoms with Gasteiger partial charge < -0.3 is 20.0 Å². The van der Waals surface area contributed by atoms with Gasteiger partial charge in [0.1, 0.15) is 0 Å². The number of aliphatic hydroxyl groups excluding tert-OH is 1. The first kappa shape index (κ1) is 13.4. The van der Waals surface area contributed by atoms with E-state index in [-0.39, 0.29) is 18.0 Å². The second kappa shape index (κ2) is 5.62. The number of amides is 1. The summed E-state index contributed by atoms with van der Waals surface area (Å²) in [4.78, 5) is 28.5. The molecule has 0 aliphatic carbocycles. The number of carboxylic acids is 1. The van der Waals surface area contributed by atoms with Gasteiger partial charge >= 0.3 is 5.97 Å². The van der Waals surface area contributed by atoms with Gasteiger partial charge in [-0.3, -0.25) is 4.79 Å². The summed E-state index contributed by atoms with van der Waals surface area (Å²) in [5.41, 5.74) is -0.146. The minimum absolute atomic E-state index is 0.0206. The molecule has 0 aromatic rings. The zero-order valence-electron chi connectivity index (χ0n) is 9.79. The number of nitrogens with zero attached hydrogens (tertiary/aromatic N) is 2. The summed E-state index contributed by atoms with van der Waals surface area (Å²) < 4.78 is 0. The molecule has 1 rings (SSSR count). The molecular formula is C10H16N2O5. The van der Waals surface area contributed by atoms with Crippen LogP contribution in [-0.4, -0.2) is 58.5 Å². The van der Waals surface area contributed by atoms with Gasteiger partial charge in [-0.1, -0.05) is 5.16 Å². The summed E-state index contributed by atoms with van der Waals surface area (Å²) in [5.74, 6) is -1.50. The molecule has 0 radical (unpaired) electrons. The quantitative estimate of drug-likeness (QED) is 0.675. The van der Waals surface area contributed by atoms with Crippen LogP contribution < -0.4 is 0 Å². The molecule has 2 atom stereocenters. The van der Waals surface area contributed by atoms with Crippen molar-refractivity contribution in [2.75, 3.05) is 13.6 Å². The molecule has 0 saturated heterocycles. The van der Waals surface area contributed by atoms with E-state index in [0.717, 1.165) is 0 Å². The zero-order valence-corrected chi connectivity index (χ0v) is 9.79. The lowest BCUT2D eigenvalue weighted by molar-refractivity contribution is -0.140. The molecule has 2 unspecified atom stereocenters. The first-order valence-corrected chi connectivity index (χ1v) is 5.31. The second-order valence-corrected chi connectivity index (χ2v) is 4.04. The Bertz CT molecular complexity index is 340. The number of oxime groups is 1. The molecule has 2 N–H and O–H groups in total. The number of hydrogen-bond acceptors (Lipinski definition) is 5. The van der Waals surface area contributed by atoms with Crippen LogP contribution in [0.4, 0.5) is 0 Å². The SMILES string of the molecule is CC(O)CCN(C)C(=O)C1CC(C(=O)O)=NO1. The van der Waals surface area contributed by atoms with Gasteiger partial charge in [0.05, 0.1) is 6.10 Å². The Morgan fingerprint density at radius 2 is 2.29 bits per heavy atom. The largest absolute Gasteiger partial charge is 0.477 e. The molecule has 17 heavy (non-hydrogen) atoms. The Kier molecular flexibility index (Phi) is 4.45. The maximum absolute atomic E-state index is 11.8. The van der Waals surface area contributed by atoms with Crippen LogP contribution in [0.5, 0.6) is 0 Å². The minimum atomic E-state index is -1.17. The Balaban J connectivity index is 2.42. The highest BCUT2D eigenvalue weighted by Crippen LogP contribution is 2.13. The third kappa shape index (κ3) is 3.70. The average molecular weight is 244 g/mol. The average Bonchev–Trinajstić information content (AvgIpc) is 2.73. The molecule has 0 aromatic carbocycles. The first-order chi connectivity index (χ1) is 7.91. The van der Waals surface area contributed by atoms with Crippen LogP contribution in [0.2, 0.25) is 0 Å². The topological polar surface area (TPSA) is 99.4 Å². The highest BCUT2D eigenvalue weighted by atomic mass is 16.6. The van der Waals surface area contributed by atoms with Crippen LogP contribution in [-0.2, 0) is 14.4 Å². The number of likely N-dealkylation sites (N-methyl/N-ethyl adjacent to an activating group) is 1. The molecule has 96 valence electrons. The lowest BCUT2D eigenvalue weighted by atomic mass is 10.1. The maximum Gasteiger partial charge on any atom is 0.353 e. The maximum atomic E-state index is 11.8. The van der Waals surface area contributed by atoms with Crippen LogP contribution in [0, 0.1) is 0 Å². The van der Waals surface area contributed by atoms with E-state index in [4.69, 9.17) is 15.1 Å². The minimum Gasteiger partial charge on any atom is -0.477 e. The highest BCUT2D eigenvalue weighted by molar-refractivity contribution is 6.36. The third-order valence-electron chi connectivity index (χ3n) is 2.45. The van der Waals surface area contributed by atoms with Crippen molar-refractivity contribution in [2.24, 2.45) is 5.16 Å². The number of carbonyl (C=O) groups is 2. The molecule has 1 heterocycles. The number of aliphatic carboxylic acids is 1. The molecule has 0 spiro atoms. The van der Waals surface area contributed by atoms with E-state index in [9.17, 15) is 9.59 Å². The van der Waals surface area contributed by atoms with E-state index >= 15 is 0 Å². The van der Waals surface area contributed by atoms with E-state index < -0.39 is 18.2 Å². The summed E-state index contributed by atoms with van der Waals surface area (Å²) in [6.45, 7) is 2.02. The molecule has 0 saturated carbocycles. The number of hydrogen-bond donors (Lipinski definition) is 2. The van der Waals surface area contributed by atoms with Crippen LogP contribution in [0.3, 0.4) is 0 Å². The molecule has 0 bridgehead atoms. The lowest BCUT2D eigenvalue weighted by Crippen LogP contribution is -2.38. The predicted molar refractivity (Wildman–Crippen MR) is 58.5 cm³/mol. The summed E-state index contributed by atoms with van der Waals surface area (Å²) in [6.07, 6.45) is -0.907. The van der Waals surface area contributed by atoms with Gasteiger partial charge in [0.15, 0.2) is 5.71 Å². The molecule has 0 fully saturated rings. The van der Waals surface area contributed by atoms with Crippen LogP contribution in [0.15, 0.2) is 5.16 Å². The lowest BCUT2D eigenvalue weighted by Gasteiger charge is -2.20. The molecule has 1 aliphatic heterocycles. The second-order valence-electron chi connectivity index (χ2n) is 4.04. The van der Waals surface area contributed by atoms with Crippen molar-refractivity contribution >= 4 is 17.6 Å². The van der Waals surface area contributed by atoms with Gasteiger partial charge in [0.2, 0.25) is 6.10 Å².